The summed E-state index contributed by atoms with van der Waals surface area (Å²) in [5.74, 6) is -0.779. The molecular formula is C37H41FN10O3. The van der Waals surface area contributed by atoms with Crippen molar-refractivity contribution in [3.8, 4) is 17.3 Å². The van der Waals surface area contributed by atoms with Crippen molar-refractivity contribution in [3.05, 3.63) is 77.9 Å². The molecule has 3 saturated heterocycles. The summed E-state index contributed by atoms with van der Waals surface area (Å²) in [5.41, 5.74) is 8.55. The molecule has 1 aromatic carbocycles. The second kappa shape index (κ2) is 14.2. The number of fused-ring (bicyclic) bond motifs is 1. The minimum atomic E-state index is -0.499. The van der Waals surface area contributed by atoms with E-state index >= 15 is 0 Å². The van der Waals surface area contributed by atoms with Crippen LogP contribution in [0.2, 0.25) is 0 Å². The van der Waals surface area contributed by atoms with Crippen LogP contribution >= 0.6 is 0 Å². The SMILES string of the molecule is CC(C)(C=C(C#N)C(=O)N1CCC[C@@H](n2nc(-c3ccc(C(=O)Nc4cc(F)ccn4)cc3)c3c(N)nccc32)C1)N1CCN(C2COC2)CC1. The first-order valence-corrected chi connectivity index (χ1v) is 17.3. The van der Waals surface area contributed by atoms with Crippen molar-refractivity contribution in [2.45, 2.75) is 44.3 Å². The van der Waals surface area contributed by atoms with Crippen molar-refractivity contribution < 1.29 is 18.7 Å². The van der Waals surface area contributed by atoms with Crippen molar-refractivity contribution in [1.82, 2.24) is 34.4 Å². The molecule has 3 fully saturated rings. The van der Waals surface area contributed by atoms with Crippen LogP contribution in [0.25, 0.3) is 22.2 Å². The lowest BCUT2D eigenvalue weighted by Gasteiger charge is -2.46. The van der Waals surface area contributed by atoms with E-state index in [0.717, 1.165) is 69.4 Å². The molecule has 1 atom stereocenters. The van der Waals surface area contributed by atoms with E-state index < -0.39 is 17.3 Å². The van der Waals surface area contributed by atoms with Crippen LogP contribution in [-0.4, -0.2) is 110 Å². The molecule has 0 radical (unpaired) electrons. The van der Waals surface area contributed by atoms with Crippen LogP contribution in [0.1, 0.15) is 43.1 Å². The van der Waals surface area contributed by atoms with E-state index in [1.165, 1.54) is 12.3 Å². The highest BCUT2D eigenvalue weighted by atomic mass is 19.1. The lowest BCUT2D eigenvalue weighted by molar-refractivity contribution is -0.128. The summed E-state index contributed by atoms with van der Waals surface area (Å²) in [6.07, 6.45) is 6.27. The number of amides is 2. The van der Waals surface area contributed by atoms with Gasteiger partial charge in [-0.3, -0.25) is 24.1 Å². The zero-order chi connectivity index (χ0) is 35.7. The average Bonchev–Trinajstić information content (AvgIpc) is 3.51. The predicted octanol–water partition coefficient (Wildman–Crippen LogP) is 3.88. The lowest BCUT2D eigenvalue weighted by atomic mass is 9.96. The fourth-order valence-electron chi connectivity index (χ4n) is 7.23. The number of carbonyl (C=O) groups excluding carboxylic acids is 2. The molecule has 2 amide bonds. The molecule has 0 spiro atoms. The van der Waals surface area contributed by atoms with Gasteiger partial charge in [0.1, 0.15) is 34.8 Å². The maximum atomic E-state index is 13.9. The van der Waals surface area contributed by atoms with Gasteiger partial charge in [-0.05, 0) is 57.0 Å². The molecular weight excluding hydrogens is 651 g/mol. The number of rotatable bonds is 8. The summed E-state index contributed by atoms with van der Waals surface area (Å²) in [4.78, 5) is 41.6. The lowest BCUT2D eigenvalue weighted by Crippen LogP contribution is -2.59. The zero-order valence-electron chi connectivity index (χ0n) is 28.8. The first-order chi connectivity index (χ1) is 24.6. The third-order valence-corrected chi connectivity index (χ3v) is 10.2. The van der Waals surface area contributed by atoms with Gasteiger partial charge in [0.15, 0.2) is 0 Å². The highest BCUT2D eigenvalue weighted by Crippen LogP contribution is 2.35. The number of nitrogen functional groups attached to an aromatic ring is 1. The van der Waals surface area contributed by atoms with Gasteiger partial charge in [0, 0.05) is 74.4 Å². The fraction of sp³-hybridized carbons (Fsp3) is 0.405. The van der Waals surface area contributed by atoms with Crippen molar-refractivity contribution in [2.24, 2.45) is 0 Å². The number of benzene rings is 1. The predicted molar refractivity (Wildman–Crippen MR) is 190 cm³/mol. The van der Waals surface area contributed by atoms with E-state index in [9.17, 15) is 19.2 Å². The molecule has 0 bridgehead atoms. The molecule has 3 N–H and O–H groups in total. The number of pyridine rings is 2. The van der Waals surface area contributed by atoms with Crippen LogP contribution in [-0.2, 0) is 9.53 Å². The van der Waals surface area contributed by atoms with Crippen molar-refractivity contribution in [3.63, 3.8) is 0 Å². The summed E-state index contributed by atoms with van der Waals surface area (Å²) in [6, 6.07) is 13.6. The number of nitrogens with zero attached hydrogens (tertiary/aromatic N) is 8. The Hall–Kier alpha value is -5.23. The summed E-state index contributed by atoms with van der Waals surface area (Å²) in [7, 11) is 0. The Morgan fingerprint density at radius 1 is 1.04 bits per heavy atom. The van der Waals surface area contributed by atoms with Gasteiger partial charge in [0.2, 0.25) is 0 Å². The fourth-order valence-corrected chi connectivity index (χ4v) is 7.23. The maximum Gasteiger partial charge on any atom is 0.264 e. The van der Waals surface area contributed by atoms with E-state index in [1.54, 1.807) is 35.4 Å². The van der Waals surface area contributed by atoms with Crippen molar-refractivity contribution in [2.75, 3.05) is 63.5 Å². The van der Waals surface area contributed by atoms with E-state index in [0.29, 0.717) is 41.6 Å². The molecule has 14 heteroatoms. The first-order valence-electron chi connectivity index (χ1n) is 17.3. The zero-order valence-corrected chi connectivity index (χ0v) is 28.8. The minimum Gasteiger partial charge on any atom is -0.383 e. The van der Waals surface area contributed by atoms with Gasteiger partial charge in [-0.25, -0.2) is 14.4 Å². The molecule has 4 aromatic rings. The number of carbonyl (C=O) groups is 2. The second-order valence-corrected chi connectivity index (χ2v) is 13.9. The number of anilines is 2. The maximum absolute atomic E-state index is 13.9. The minimum absolute atomic E-state index is 0.113. The van der Waals surface area contributed by atoms with Gasteiger partial charge in [0.05, 0.1) is 36.2 Å². The smallest absolute Gasteiger partial charge is 0.264 e. The molecule has 3 aliphatic rings. The van der Waals surface area contributed by atoms with Crippen LogP contribution in [0.3, 0.4) is 0 Å². The Morgan fingerprint density at radius 2 is 1.78 bits per heavy atom. The van der Waals surface area contributed by atoms with Crippen LogP contribution in [0.15, 0.2) is 66.5 Å². The second-order valence-electron chi connectivity index (χ2n) is 13.9. The van der Waals surface area contributed by atoms with Gasteiger partial charge in [-0.15, -0.1) is 0 Å². The number of aromatic nitrogens is 4. The number of nitrogens with one attached hydrogen (secondary N) is 1. The van der Waals surface area contributed by atoms with Gasteiger partial charge < -0.3 is 20.7 Å². The van der Waals surface area contributed by atoms with E-state index in [4.69, 9.17) is 15.6 Å². The molecule has 264 valence electrons. The number of halogens is 1. The summed E-state index contributed by atoms with van der Waals surface area (Å²) < 4.78 is 20.9. The first kappa shape index (κ1) is 34.2. The standard InChI is InChI=1S/C37H41FN10O3/c1-37(2,47-16-14-45(15-17-47)29-22-51-23-29)19-26(20-39)36(50)46-13-3-4-28(21-46)48-30-10-12-42-34(40)32(30)33(44-48)24-5-7-25(8-6-24)35(49)43-31-18-27(38)9-11-41-31/h5-12,18-19,28-29H,3-4,13-17,21-23H2,1-2H3,(H2,40,42)(H,41,43,49)/t28-/m1/s1. The van der Waals surface area contributed by atoms with Gasteiger partial charge in [-0.2, -0.15) is 10.4 Å². The summed E-state index contributed by atoms with van der Waals surface area (Å²) in [6.45, 7) is 10.2. The Morgan fingerprint density at radius 3 is 2.47 bits per heavy atom. The number of hydrogen-bond acceptors (Lipinski definition) is 10. The third-order valence-electron chi connectivity index (χ3n) is 10.2. The number of likely N-dealkylation sites (tertiary alicyclic amines) is 1. The van der Waals surface area contributed by atoms with Crippen LogP contribution in [0, 0.1) is 17.1 Å². The number of nitrogens with two attached hydrogens (primary N) is 1. The van der Waals surface area contributed by atoms with Gasteiger partial charge in [0.25, 0.3) is 11.8 Å². The van der Waals surface area contributed by atoms with E-state index in [-0.39, 0.29) is 23.3 Å². The molecule has 0 aliphatic carbocycles. The molecule has 7 rings (SSSR count). The van der Waals surface area contributed by atoms with E-state index in [2.05, 4.69) is 45.0 Å². The number of nitriles is 1. The molecule has 3 aromatic heterocycles. The molecule has 0 unspecified atom stereocenters. The number of ether oxygens (including phenoxy) is 1. The molecule has 13 nitrogen and oxygen atoms in total. The Kier molecular flexibility index (Phi) is 9.52. The van der Waals surface area contributed by atoms with E-state index in [1.807, 2.05) is 16.8 Å². The van der Waals surface area contributed by atoms with Crippen LogP contribution in [0.5, 0.6) is 0 Å². The van der Waals surface area contributed by atoms with Crippen molar-refractivity contribution in [1.29, 1.82) is 5.26 Å². The Balaban J connectivity index is 1.08. The Bertz CT molecular complexity index is 2010. The average molecular weight is 693 g/mol. The third kappa shape index (κ3) is 7.05. The monoisotopic (exact) mass is 692 g/mol. The normalized spacial score (nSPS) is 19.5. The van der Waals surface area contributed by atoms with Gasteiger partial charge in [-0.1, -0.05) is 12.1 Å². The molecule has 51 heavy (non-hydrogen) atoms. The molecule has 3 aliphatic heterocycles. The quantitative estimate of drug-likeness (QED) is 0.205. The number of piperazine rings is 1. The Labute approximate surface area is 295 Å². The molecule has 0 saturated carbocycles. The molecule has 6 heterocycles. The van der Waals surface area contributed by atoms with Crippen LogP contribution in [0.4, 0.5) is 16.0 Å². The van der Waals surface area contributed by atoms with Crippen LogP contribution < -0.4 is 11.1 Å². The van der Waals surface area contributed by atoms with Crippen molar-refractivity contribution >= 4 is 34.4 Å². The number of piperidine rings is 1. The summed E-state index contributed by atoms with van der Waals surface area (Å²) in [5, 5.41) is 18.5. The van der Waals surface area contributed by atoms with Gasteiger partial charge >= 0.3 is 0 Å². The number of hydrogen-bond donors (Lipinski definition) is 2. The largest absolute Gasteiger partial charge is 0.383 e. The highest BCUT2D eigenvalue weighted by molar-refractivity contribution is 6.05. The highest BCUT2D eigenvalue weighted by Gasteiger charge is 2.35. The summed E-state index contributed by atoms with van der Waals surface area (Å²) >= 11 is 0. The topological polar surface area (TPSA) is 159 Å².